The van der Waals surface area contributed by atoms with Gasteiger partial charge >= 0.3 is 0 Å². The molecule has 0 saturated heterocycles. The van der Waals surface area contributed by atoms with Crippen LogP contribution in [0.15, 0.2) is 48.5 Å². The van der Waals surface area contributed by atoms with Crippen LogP contribution in [0.5, 0.6) is 17.2 Å². The van der Waals surface area contributed by atoms with E-state index in [2.05, 4.69) is 5.32 Å². The number of hydrogen-bond donors (Lipinski definition) is 1. The van der Waals surface area contributed by atoms with Gasteiger partial charge in [0.15, 0.2) is 23.9 Å². The Bertz CT molecular complexity index is 812. The van der Waals surface area contributed by atoms with Crippen LogP contribution in [0.4, 0.5) is 0 Å². The Morgan fingerprint density at radius 3 is 2.41 bits per heavy atom. The van der Waals surface area contributed by atoms with Crippen LogP contribution in [0.2, 0.25) is 0 Å². The lowest BCUT2D eigenvalue weighted by Crippen LogP contribution is -2.24. The summed E-state index contributed by atoms with van der Waals surface area (Å²) in [5.41, 5.74) is 1.35. The zero-order chi connectivity index (χ0) is 19.6. The first-order chi connectivity index (χ1) is 13.1. The predicted octanol–water partition coefficient (Wildman–Crippen LogP) is 3.11. The fourth-order valence-electron chi connectivity index (χ4n) is 2.27. The number of carbonyl (C=O) groups is 2. The Hall–Kier alpha value is -3.28. The molecule has 0 unspecified atom stereocenters. The predicted molar refractivity (Wildman–Crippen MR) is 104 cm³/mol. The smallest absolute Gasteiger partial charge is 0.257 e. The van der Waals surface area contributed by atoms with E-state index in [0.29, 0.717) is 23.7 Å². The van der Waals surface area contributed by atoms with Crippen LogP contribution in [-0.4, -0.2) is 39.1 Å². The van der Waals surface area contributed by atoms with E-state index in [4.69, 9.17) is 14.2 Å². The van der Waals surface area contributed by atoms with E-state index >= 15 is 0 Å². The van der Waals surface area contributed by atoms with E-state index in [1.54, 1.807) is 48.5 Å². The van der Waals surface area contributed by atoms with Crippen LogP contribution in [0, 0.1) is 0 Å². The highest BCUT2D eigenvalue weighted by atomic mass is 16.5. The molecule has 6 nitrogen and oxygen atoms in total. The average molecular weight is 369 g/mol. The summed E-state index contributed by atoms with van der Waals surface area (Å²) in [6.07, 6.45) is 3.19. The van der Waals surface area contributed by atoms with Gasteiger partial charge in [-0.1, -0.05) is 12.1 Å². The molecule has 0 radical (unpaired) electrons. The first-order valence-electron chi connectivity index (χ1n) is 8.54. The van der Waals surface area contributed by atoms with Crippen molar-refractivity contribution in [2.24, 2.45) is 0 Å². The molecule has 1 N–H and O–H groups in total. The third kappa shape index (κ3) is 5.88. The van der Waals surface area contributed by atoms with Crippen LogP contribution in [0.1, 0.15) is 22.8 Å². The molecule has 0 fully saturated rings. The topological polar surface area (TPSA) is 73.9 Å². The summed E-state index contributed by atoms with van der Waals surface area (Å²) in [4.78, 5) is 23.6. The van der Waals surface area contributed by atoms with Gasteiger partial charge in [-0.25, -0.2) is 0 Å². The molecule has 0 spiro atoms. The van der Waals surface area contributed by atoms with Gasteiger partial charge in [0.05, 0.1) is 13.7 Å². The Balaban J connectivity index is 2.07. The van der Waals surface area contributed by atoms with Gasteiger partial charge in [0.1, 0.15) is 5.75 Å². The summed E-state index contributed by atoms with van der Waals surface area (Å²) in [5.74, 6) is 1.32. The first-order valence-corrected chi connectivity index (χ1v) is 8.54. The highest BCUT2D eigenvalue weighted by molar-refractivity contribution is 6.06. The number of benzene rings is 2. The second-order valence-electron chi connectivity index (χ2n) is 5.53. The van der Waals surface area contributed by atoms with Crippen molar-refractivity contribution in [3.05, 3.63) is 59.7 Å². The van der Waals surface area contributed by atoms with Crippen LogP contribution in [-0.2, 0) is 4.79 Å². The summed E-state index contributed by atoms with van der Waals surface area (Å²) < 4.78 is 16.1. The molecule has 0 aliphatic rings. The number of ether oxygens (including phenoxy) is 3. The molecular formula is C21H23NO5. The molecule has 6 heteroatoms. The van der Waals surface area contributed by atoms with E-state index in [0.717, 1.165) is 11.3 Å². The summed E-state index contributed by atoms with van der Waals surface area (Å²) in [7, 11) is 3.05. The molecule has 142 valence electrons. The number of hydrogen-bond acceptors (Lipinski definition) is 5. The van der Waals surface area contributed by atoms with Gasteiger partial charge in [-0.15, -0.1) is 0 Å². The lowest BCUT2D eigenvalue weighted by Gasteiger charge is -2.10. The second-order valence-corrected chi connectivity index (χ2v) is 5.53. The van der Waals surface area contributed by atoms with E-state index in [1.807, 2.05) is 6.92 Å². The lowest BCUT2D eigenvalue weighted by molar-refractivity contribution is -0.122. The maximum atomic E-state index is 12.3. The molecule has 1 amide bonds. The van der Waals surface area contributed by atoms with Crippen molar-refractivity contribution < 1.29 is 23.8 Å². The molecule has 0 atom stereocenters. The van der Waals surface area contributed by atoms with Crippen LogP contribution < -0.4 is 19.5 Å². The van der Waals surface area contributed by atoms with Gasteiger partial charge in [0, 0.05) is 12.6 Å². The maximum Gasteiger partial charge on any atom is 0.257 e. The Morgan fingerprint density at radius 1 is 1.04 bits per heavy atom. The number of ketones is 1. The number of methoxy groups -OCH3 is 1. The largest absolute Gasteiger partial charge is 0.494 e. The number of allylic oxidation sites excluding steroid dienone is 1. The van der Waals surface area contributed by atoms with Crippen molar-refractivity contribution in [2.75, 3.05) is 27.4 Å². The quantitative estimate of drug-likeness (QED) is 0.543. The van der Waals surface area contributed by atoms with Crippen LogP contribution in [0.3, 0.4) is 0 Å². The van der Waals surface area contributed by atoms with E-state index in [-0.39, 0.29) is 18.3 Å². The fourth-order valence-corrected chi connectivity index (χ4v) is 2.27. The average Bonchev–Trinajstić information content (AvgIpc) is 2.71. The zero-order valence-electron chi connectivity index (χ0n) is 15.7. The first kappa shape index (κ1) is 20.0. The molecule has 0 aromatic heterocycles. The van der Waals surface area contributed by atoms with Gasteiger partial charge in [0.25, 0.3) is 5.91 Å². The summed E-state index contributed by atoms with van der Waals surface area (Å²) in [5, 5.41) is 2.48. The third-order valence-electron chi connectivity index (χ3n) is 3.70. The molecule has 2 aromatic rings. The molecule has 0 saturated carbocycles. The molecule has 2 rings (SSSR count). The summed E-state index contributed by atoms with van der Waals surface area (Å²) in [6, 6.07) is 12.2. The Morgan fingerprint density at radius 2 is 1.78 bits per heavy atom. The number of carbonyl (C=O) groups excluding carboxylic acids is 2. The Kier molecular flexibility index (Phi) is 7.43. The molecule has 0 bridgehead atoms. The van der Waals surface area contributed by atoms with Gasteiger partial charge < -0.3 is 19.5 Å². The molecule has 27 heavy (non-hydrogen) atoms. The van der Waals surface area contributed by atoms with Crippen LogP contribution in [0.25, 0.3) is 6.08 Å². The zero-order valence-corrected chi connectivity index (χ0v) is 15.7. The van der Waals surface area contributed by atoms with E-state index in [1.165, 1.54) is 20.2 Å². The summed E-state index contributed by atoms with van der Waals surface area (Å²) in [6.45, 7) is 2.39. The van der Waals surface area contributed by atoms with Crippen molar-refractivity contribution in [1.29, 1.82) is 0 Å². The second kappa shape index (κ2) is 10.0. The SMILES string of the molecule is CCOc1ccc(C(=O)/C=C/c2ccc(OCC(=O)NC)c(OC)c2)cc1. The van der Waals surface area contributed by atoms with Crippen molar-refractivity contribution in [3.63, 3.8) is 0 Å². The Labute approximate surface area is 158 Å². The third-order valence-corrected chi connectivity index (χ3v) is 3.70. The highest BCUT2D eigenvalue weighted by Gasteiger charge is 2.08. The minimum atomic E-state index is -0.234. The molecule has 0 heterocycles. The van der Waals surface area contributed by atoms with Crippen molar-refractivity contribution in [1.82, 2.24) is 5.32 Å². The number of likely N-dealkylation sites (N-methyl/N-ethyl adjacent to an activating group) is 1. The van der Waals surface area contributed by atoms with E-state index < -0.39 is 0 Å². The van der Waals surface area contributed by atoms with Gasteiger partial charge in [-0.2, -0.15) is 0 Å². The van der Waals surface area contributed by atoms with Crippen molar-refractivity contribution in [2.45, 2.75) is 6.92 Å². The van der Waals surface area contributed by atoms with E-state index in [9.17, 15) is 9.59 Å². The fraction of sp³-hybridized carbons (Fsp3) is 0.238. The minimum Gasteiger partial charge on any atom is -0.494 e. The lowest BCUT2D eigenvalue weighted by atomic mass is 10.1. The highest BCUT2D eigenvalue weighted by Crippen LogP contribution is 2.28. The maximum absolute atomic E-state index is 12.3. The van der Waals surface area contributed by atoms with Gasteiger partial charge in [-0.05, 0) is 55.0 Å². The van der Waals surface area contributed by atoms with Gasteiger partial charge in [-0.3, -0.25) is 9.59 Å². The molecule has 2 aromatic carbocycles. The van der Waals surface area contributed by atoms with Gasteiger partial charge in [0.2, 0.25) is 0 Å². The van der Waals surface area contributed by atoms with Crippen molar-refractivity contribution >= 4 is 17.8 Å². The van der Waals surface area contributed by atoms with Crippen molar-refractivity contribution in [3.8, 4) is 17.2 Å². The number of amides is 1. The minimum absolute atomic E-state index is 0.0989. The molecule has 0 aliphatic carbocycles. The normalized spacial score (nSPS) is 10.5. The monoisotopic (exact) mass is 369 g/mol. The number of rotatable bonds is 9. The number of nitrogens with one attached hydrogen (secondary N) is 1. The summed E-state index contributed by atoms with van der Waals surface area (Å²) >= 11 is 0. The molecule has 0 aliphatic heterocycles. The molecular weight excluding hydrogens is 346 g/mol. The standard InChI is InChI=1S/C21H23NO5/c1-4-26-17-9-7-16(8-10-17)18(23)11-5-15-6-12-19(20(13-15)25-3)27-14-21(24)22-2/h5-13H,4,14H2,1-3H3,(H,22,24)/b11-5+. The van der Waals surface area contributed by atoms with Crippen LogP contribution >= 0.6 is 0 Å².